The number of para-hydroxylation sites is 1. The Hall–Kier alpha value is -2.55. The fourth-order valence-corrected chi connectivity index (χ4v) is 2.47. The molecule has 0 aromatic heterocycles. The van der Waals surface area contributed by atoms with E-state index in [0.29, 0.717) is 0 Å². The van der Waals surface area contributed by atoms with Crippen LogP contribution in [0.2, 0.25) is 0 Å². The van der Waals surface area contributed by atoms with E-state index in [1.807, 2.05) is 51.2 Å². The molecule has 0 radical (unpaired) electrons. The molecular formula is C22H31N3. The van der Waals surface area contributed by atoms with Crippen LogP contribution in [0.25, 0.3) is 5.57 Å². The zero-order valence-electron chi connectivity index (χ0n) is 16.4. The minimum atomic E-state index is 0.276. The summed E-state index contributed by atoms with van der Waals surface area (Å²) in [4.78, 5) is 4.48. The number of hydrogen-bond donors (Lipinski definition) is 2. The average molecular weight is 338 g/mol. The molecule has 0 fully saturated rings. The summed E-state index contributed by atoms with van der Waals surface area (Å²) < 4.78 is 0. The first-order valence-corrected chi connectivity index (χ1v) is 8.63. The van der Waals surface area contributed by atoms with Gasteiger partial charge in [-0.05, 0) is 70.4 Å². The van der Waals surface area contributed by atoms with Crippen LogP contribution < -0.4 is 11.1 Å². The van der Waals surface area contributed by atoms with E-state index in [0.717, 1.165) is 39.4 Å². The van der Waals surface area contributed by atoms with Gasteiger partial charge in [0.1, 0.15) is 0 Å². The summed E-state index contributed by atoms with van der Waals surface area (Å²) in [5.74, 6) is 0.904. The standard InChI is InChI=1S/C22H31N3/c1-8-19(17(6)14-24-18(7)25-16(4)5)13-21(15(2)3)20-11-9-10-12-22(20)23/h8-14,16H,2,23H2,1,3-7H3,(H,24,25)/b17-14+,19-8?,21-13+. The maximum atomic E-state index is 6.15. The lowest BCUT2D eigenvalue weighted by molar-refractivity contribution is 0.827. The maximum absolute atomic E-state index is 6.15. The van der Waals surface area contributed by atoms with Gasteiger partial charge in [0.2, 0.25) is 0 Å². The van der Waals surface area contributed by atoms with Crippen molar-refractivity contribution in [2.45, 2.75) is 47.6 Å². The quantitative estimate of drug-likeness (QED) is 0.312. The van der Waals surface area contributed by atoms with Crippen LogP contribution in [0, 0.1) is 0 Å². The zero-order valence-corrected chi connectivity index (χ0v) is 16.4. The Kier molecular flexibility index (Phi) is 7.93. The van der Waals surface area contributed by atoms with Crippen LogP contribution in [0.1, 0.15) is 47.1 Å². The molecular weight excluding hydrogens is 306 g/mol. The van der Waals surface area contributed by atoms with Gasteiger partial charge in [-0.15, -0.1) is 0 Å². The van der Waals surface area contributed by atoms with Gasteiger partial charge in [-0.3, -0.25) is 4.99 Å². The van der Waals surface area contributed by atoms with Crippen LogP contribution in [0.5, 0.6) is 0 Å². The molecule has 0 heterocycles. The first-order chi connectivity index (χ1) is 11.8. The minimum Gasteiger partial charge on any atom is -0.398 e. The molecule has 0 amide bonds. The number of anilines is 1. The molecule has 0 saturated carbocycles. The topological polar surface area (TPSA) is 50.4 Å². The number of nitrogen functional groups attached to an aromatic ring is 1. The van der Waals surface area contributed by atoms with Crippen molar-refractivity contribution < 1.29 is 0 Å². The summed E-state index contributed by atoms with van der Waals surface area (Å²) in [5, 5.41) is 3.25. The molecule has 0 atom stereocenters. The molecule has 0 saturated heterocycles. The summed E-state index contributed by atoms with van der Waals surface area (Å²) in [6.07, 6.45) is 6.21. The third kappa shape index (κ3) is 6.46. The minimum absolute atomic E-state index is 0.276. The lowest BCUT2D eigenvalue weighted by Gasteiger charge is -2.13. The normalized spacial score (nSPS) is 14.0. The molecule has 3 nitrogen and oxygen atoms in total. The second-order valence-electron chi connectivity index (χ2n) is 6.45. The van der Waals surface area contributed by atoms with Gasteiger partial charge in [0.15, 0.2) is 0 Å². The van der Waals surface area contributed by atoms with Crippen LogP contribution in [-0.2, 0) is 0 Å². The number of benzene rings is 1. The molecule has 3 heteroatoms. The number of amidine groups is 1. The van der Waals surface area contributed by atoms with Crippen molar-refractivity contribution in [1.82, 2.24) is 5.32 Å². The Bertz CT molecular complexity index is 731. The Morgan fingerprint density at radius 3 is 2.36 bits per heavy atom. The summed E-state index contributed by atoms with van der Waals surface area (Å²) in [5.41, 5.74) is 12.2. The number of hydrogen-bond acceptors (Lipinski definition) is 2. The van der Waals surface area contributed by atoms with Gasteiger partial charge in [0, 0.05) is 23.5 Å². The Morgan fingerprint density at radius 2 is 1.84 bits per heavy atom. The highest BCUT2D eigenvalue weighted by atomic mass is 15.0. The van der Waals surface area contributed by atoms with Gasteiger partial charge in [0.05, 0.1) is 5.84 Å². The number of nitrogens with one attached hydrogen (secondary N) is 1. The Morgan fingerprint density at radius 1 is 1.20 bits per heavy atom. The SMILES string of the molecule is C=C(C)/C(=C\C(=CC)/C(C)=C/NC(C)=NC(C)C)c1ccccc1N. The molecule has 25 heavy (non-hydrogen) atoms. The van der Waals surface area contributed by atoms with Crippen molar-refractivity contribution in [2.24, 2.45) is 4.99 Å². The van der Waals surface area contributed by atoms with Crippen molar-refractivity contribution in [3.05, 3.63) is 71.5 Å². The van der Waals surface area contributed by atoms with E-state index < -0.39 is 0 Å². The van der Waals surface area contributed by atoms with Gasteiger partial charge in [-0.1, -0.05) is 36.4 Å². The number of aliphatic imine (C=N–C) groups is 1. The van der Waals surface area contributed by atoms with E-state index in [1.54, 1.807) is 0 Å². The van der Waals surface area contributed by atoms with Gasteiger partial charge in [-0.25, -0.2) is 0 Å². The molecule has 0 bridgehead atoms. The van der Waals surface area contributed by atoms with E-state index in [2.05, 4.69) is 49.8 Å². The van der Waals surface area contributed by atoms with E-state index in [4.69, 9.17) is 5.73 Å². The number of nitrogens with zero attached hydrogens (tertiary/aromatic N) is 1. The summed E-state index contributed by atoms with van der Waals surface area (Å²) in [7, 11) is 0. The smallest absolute Gasteiger partial charge is 0.0974 e. The summed E-state index contributed by atoms with van der Waals surface area (Å²) in [6, 6.07) is 8.15. The number of nitrogens with two attached hydrogens (primary N) is 1. The summed E-state index contributed by atoms with van der Waals surface area (Å²) >= 11 is 0. The second kappa shape index (κ2) is 9.67. The lowest BCUT2D eigenvalue weighted by atomic mass is 9.94. The van der Waals surface area contributed by atoms with Crippen molar-refractivity contribution >= 4 is 17.1 Å². The van der Waals surface area contributed by atoms with E-state index in [9.17, 15) is 0 Å². The van der Waals surface area contributed by atoms with Crippen LogP contribution in [0.4, 0.5) is 5.69 Å². The molecule has 0 spiro atoms. The van der Waals surface area contributed by atoms with Crippen molar-refractivity contribution in [3.8, 4) is 0 Å². The molecule has 1 aromatic carbocycles. The highest BCUT2D eigenvalue weighted by molar-refractivity contribution is 5.86. The summed E-state index contributed by atoms with van der Waals surface area (Å²) in [6.45, 7) is 16.3. The predicted octanol–water partition coefficient (Wildman–Crippen LogP) is 5.49. The molecule has 1 rings (SSSR count). The highest BCUT2D eigenvalue weighted by Gasteiger charge is 2.08. The molecule has 1 aromatic rings. The van der Waals surface area contributed by atoms with E-state index in [-0.39, 0.29) is 6.04 Å². The fourth-order valence-electron chi connectivity index (χ4n) is 2.47. The largest absolute Gasteiger partial charge is 0.398 e. The zero-order chi connectivity index (χ0) is 19.0. The number of allylic oxidation sites excluding steroid dienone is 6. The van der Waals surface area contributed by atoms with Crippen LogP contribution in [0.15, 0.2) is 70.9 Å². The van der Waals surface area contributed by atoms with Crippen LogP contribution >= 0.6 is 0 Å². The van der Waals surface area contributed by atoms with Crippen LogP contribution in [-0.4, -0.2) is 11.9 Å². The third-order valence-corrected chi connectivity index (χ3v) is 3.73. The average Bonchev–Trinajstić information content (AvgIpc) is 2.54. The monoisotopic (exact) mass is 337 g/mol. The molecule has 0 aliphatic carbocycles. The molecule has 3 N–H and O–H groups in total. The molecule has 0 aliphatic rings. The fraction of sp³-hybridized carbons (Fsp3) is 0.318. The second-order valence-corrected chi connectivity index (χ2v) is 6.45. The van der Waals surface area contributed by atoms with Crippen molar-refractivity contribution in [2.75, 3.05) is 5.73 Å². The van der Waals surface area contributed by atoms with Crippen molar-refractivity contribution in [3.63, 3.8) is 0 Å². The van der Waals surface area contributed by atoms with Crippen LogP contribution in [0.3, 0.4) is 0 Å². The maximum Gasteiger partial charge on any atom is 0.0974 e. The first-order valence-electron chi connectivity index (χ1n) is 8.63. The van der Waals surface area contributed by atoms with Gasteiger partial charge < -0.3 is 11.1 Å². The highest BCUT2D eigenvalue weighted by Crippen LogP contribution is 2.29. The van der Waals surface area contributed by atoms with E-state index >= 15 is 0 Å². The molecule has 0 aliphatic heterocycles. The van der Waals surface area contributed by atoms with Gasteiger partial charge >= 0.3 is 0 Å². The number of rotatable bonds is 6. The van der Waals surface area contributed by atoms with E-state index in [1.165, 1.54) is 0 Å². The van der Waals surface area contributed by atoms with Crippen molar-refractivity contribution in [1.29, 1.82) is 0 Å². The molecule has 0 unspecified atom stereocenters. The first kappa shape index (κ1) is 20.5. The predicted molar refractivity (Wildman–Crippen MR) is 113 cm³/mol. The van der Waals surface area contributed by atoms with Gasteiger partial charge in [-0.2, -0.15) is 0 Å². The van der Waals surface area contributed by atoms with Gasteiger partial charge in [0.25, 0.3) is 0 Å². The Balaban J connectivity index is 3.18. The third-order valence-electron chi connectivity index (χ3n) is 3.73. The lowest BCUT2D eigenvalue weighted by Crippen LogP contribution is -2.15. The molecule has 134 valence electrons. The Labute approximate surface area is 152 Å².